The predicted molar refractivity (Wildman–Crippen MR) is 55.7 cm³/mol. The Hall–Kier alpha value is -2.09. The Morgan fingerprint density at radius 1 is 1.40 bits per heavy atom. The summed E-state index contributed by atoms with van der Waals surface area (Å²) < 4.78 is 0. The van der Waals surface area contributed by atoms with Crippen LogP contribution in [0.3, 0.4) is 0 Å². The Morgan fingerprint density at radius 2 is 2.07 bits per heavy atom. The minimum absolute atomic E-state index is 0.0362. The molecule has 15 heavy (non-hydrogen) atoms. The monoisotopic (exact) mass is 207 g/mol. The van der Waals surface area contributed by atoms with Gasteiger partial charge in [0, 0.05) is 0 Å². The maximum Gasteiger partial charge on any atom is 0.238 e. The van der Waals surface area contributed by atoms with Crippen LogP contribution in [0.2, 0.25) is 0 Å². The van der Waals surface area contributed by atoms with Crippen LogP contribution in [0.25, 0.3) is 0 Å². The molecule has 8 nitrogen and oxygen atoms in total. The Kier molecular flexibility index (Phi) is 2.05. The quantitative estimate of drug-likeness (QED) is 0.273. The van der Waals surface area contributed by atoms with Gasteiger partial charge in [0.05, 0.1) is 6.42 Å². The Balaban J connectivity index is 2.32. The molecule has 0 radical (unpaired) electrons. The van der Waals surface area contributed by atoms with Gasteiger partial charge < -0.3 is 5.73 Å². The molecule has 5 N–H and O–H groups in total. The number of nitrogens with zero attached hydrogens (tertiary/aromatic N) is 4. The largest absolute Gasteiger partial charge is 0.382 e. The van der Waals surface area contributed by atoms with Crippen LogP contribution in [0.1, 0.15) is 6.42 Å². The maximum atomic E-state index is 11.2. The number of amides is 1. The van der Waals surface area contributed by atoms with Crippen molar-refractivity contribution in [2.24, 2.45) is 31.5 Å². The van der Waals surface area contributed by atoms with Gasteiger partial charge in [-0.3, -0.25) is 10.2 Å². The van der Waals surface area contributed by atoms with Crippen LogP contribution in [0, 0.1) is 0 Å². The van der Waals surface area contributed by atoms with E-state index in [1.165, 1.54) is 12.7 Å². The molecule has 0 saturated carbocycles. The van der Waals surface area contributed by atoms with Crippen LogP contribution in [0.4, 0.5) is 0 Å². The van der Waals surface area contributed by atoms with E-state index in [0.29, 0.717) is 5.71 Å². The number of carbonyl (C=O) groups excluding carboxylic acids is 1. The molecular formula is C7H9N7O. The van der Waals surface area contributed by atoms with E-state index < -0.39 is 11.6 Å². The summed E-state index contributed by atoms with van der Waals surface area (Å²) in [6.45, 7) is 0. The molecule has 2 rings (SSSR count). The van der Waals surface area contributed by atoms with Crippen molar-refractivity contribution in [2.45, 2.75) is 12.1 Å². The van der Waals surface area contributed by atoms with Gasteiger partial charge in [0.2, 0.25) is 11.6 Å². The van der Waals surface area contributed by atoms with E-state index in [2.05, 4.69) is 20.0 Å². The van der Waals surface area contributed by atoms with Crippen molar-refractivity contribution < 1.29 is 4.79 Å². The van der Waals surface area contributed by atoms with E-state index >= 15 is 0 Å². The zero-order valence-electron chi connectivity index (χ0n) is 7.71. The molecule has 0 bridgehead atoms. The highest BCUT2D eigenvalue weighted by atomic mass is 16.2. The smallest absolute Gasteiger partial charge is 0.238 e. The first-order valence-corrected chi connectivity index (χ1v) is 4.17. The first kappa shape index (κ1) is 9.46. The number of nitrogens with two attached hydrogens (primary N) is 2. The van der Waals surface area contributed by atoms with Gasteiger partial charge in [0.25, 0.3) is 0 Å². The summed E-state index contributed by atoms with van der Waals surface area (Å²) in [5.41, 5.74) is 6.93. The first-order chi connectivity index (χ1) is 7.18. The van der Waals surface area contributed by atoms with Crippen LogP contribution in [0.15, 0.2) is 20.0 Å². The first-order valence-electron chi connectivity index (χ1n) is 4.17. The average Bonchev–Trinajstić information content (AvgIpc) is 2.62. The third-order valence-electron chi connectivity index (χ3n) is 2.12. The standard InChI is InChI=1S/C7H9N7O/c8-6-5-7(12-2-10-5,13-3-11-6)1-4(15)14-9/h2-3H,1,9H2,(H,14,15)(H2,8,11,13). The van der Waals surface area contributed by atoms with E-state index in [4.69, 9.17) is 11.6 Å². The van der Waals surface area contributed by atoms with Crippen molar-refractivity contribution in [2.75, 3.05) is 0 Å². The van der Waals surface area contributed by atoms with Crippen LogP contribution < -0.4 is 17.0 Å². The van der Waals surface area contributed by atoms with Crippen LogP contribution in [-0.2, 0) is 4.79 Å². The molecule has 0 fully saturated rings. The number of hydrogen-bond acceptors (Lipinski definition) is 7. The van der Waals surface area contributed by atoms with Gasteiger partial charge >= 0.3 is 0 Å². The van der Waals surface area contributed by atoms with Crippen LogP contribution in [0.5, 0.6) is 0 Å². The fraction of sp³-hybridized carbons (Fsp3) is 0.286. The number of hydrogen-bond donors (Lipinski definition) is 3. The van der Waals surface area contributed by atoms with Crippen molar-refractivity contribution in [1.29, 1.82) is 0 Å². The molecule has 0 saturated heterocycles. The Bertz CT molecular complexity index is 421. The molecule has 1 atom stereocenters. The van der Waals surface area contributed by atoms with Gasteiger partial charge in [-0.1, -0.05) is 0 Å². The van der Waals surface area contributed by atoms with Crippen molar-refractivity contribution in [3.05, 3.63) is 0 Å². The zero-order valence-corrected chi connectivity index (χ0v) is 7.71. The summed E-state index contributed by atoms with van der Waals surface area (Å²) in [6.07, 6.45) is 2.54. The van der Waals surface area contributed by atoms with Crippen molar-refractivity contribution in [3.63, 3.8) is 0 Å². The van der Waals surface area contributed by atoms with Gasteiger partial charge in [-0.25, -0.2) is 25.8 Å². The lowest BCUT2D eigenvalue weighted by Gasteiger charge is -2.23. The fourth-order valence-corrected chi connectivity index (χ4v) is 1.41. The molecule has 0 aliphatic carbocycles. The molecule has 1 unspecified atom stereocenters. The van der Waals surface area contributed by atoms with E-state index in [-0.39, 0.29) is 12.3 Å². The lowest BCUT2D eigenvalue weighted by Crippen LogP contribution is -2.47. The molecule has 2 aliphatic heterocycles. The Morgan fingerprint density at radius 3 is 2.73 bits per heavy atom. The van der Waals surface area contributed by atoms with Crippen molar-refractivity contribution in [3.8, 4) is 0 Å². The molecule has 8 heteroatoms. The number of hydrazine groups is 1. The van der Waals surface area contributed by atoms with Crippen molar-refractivity contribution >= 4 is 30.1 Å². The normalized spacial score (nSPS) is 27.0. The molecule has 1 amide bonds. The average molecular weight is 207 g/mol. The summed E-state index contributed by atoms with van der Waals surface area (Å²) in [4.78, 5) is 27.0. The summed E-state index contributed by atoms with van der Waals surface area (Å²) in [5.74, 6) is 4.82. The second-order valence-electron chi connectivity index (χ2n) is 3.04. The van der Waals surface area contributed by atoms with Gasteiger partial charge in [-0.05, 0) is 0 Å². The molecule has 0 aromatic carbocycles. The molecule has 2 heterocycles. The van der Waals surface area contributed by atoms with E-state index in [1.807, 2.05) is 5.43 Å². The number of aliphatic imine (C=N–C) groups is 4. The summed E-state index contributed by atoms with van der Waals surface area (Å²) in [7, 11) is 0. The second kappa shape index (κ2) is 3.24. The minimum Gasteiger partial charge on any atom is -0.382 e. The van der Waals surface area contributed by atoms with E-state index in [1.54, 1.807) is 0 Å². The van der Waals surface area contributed by atoms with Gasteiger partial charge in [0.15, 0.2) is 5.84 Å². The highest BCUT2D eigenvalue weighted by molar-refractivity contribution is 6.48. The van der Waals surface area contributed by atoms with Gasteiger partial charge in [-0.2, -0.15) is 0 Å². The predicted octanol–water partition coefficient (Wildman–Crippen LogP) is -2.06. The lowest BCUT2D eigenvalue weighted by atomic mass is 9.99. The summed E-state index contributed by atoms with van der Waals surface area (Å²) in [5, 5.41) is 0. The lowest BCUT2D eigenvalue weighted by molar-refractivity contribution is -0.121. The third-order valence-corrected chi connectivity index (χ3v) is 2.12. The van der Waals surface area contributed by atoms with Gasteiger partial charge in [-0.15, -0.1) is 0 Å². The molecule has 78 valence electrons. The number of amidine groups is 1. The summed E-state index contributed by atoms with van der Waals surface area (Å²) >= 11 is 0. The Labute approximate surface area is 84.9 Å². The molecule has 0 spiro atoms. The molecule has 0 aromatic heterocycles. The number of carbonyl (C=O) groups is 1. The van der Waals surface area contributed by atoms with Crippen LogP contribution >= 0.6 is 0 Å². The molecule has 2 aliphatic rings. The van der Waals surface area contributed by atoms with Crippen molar-refractivity contribution in [1.82, 2.24) is 5.43 Å². The highest BCUT2D eigenvalue weighted by Gasteiger charge is 2.42. The highest BCUT2D eigenvalue weighted by Crippen LogP contribution is 2.25. The van der Waals surface area contributed by atoms with Gasteiger partial charge in [0.1, 0.15) is 18.4 Å². The third kappa shape index (κ3) is 1.40. The SMILES string of the molecule is NNC(=O)CC12N=CN=C(N)C1=NC=N2. The van der Waals surface area contributed by atoms with E-state index in [0.717, 1.165) is 0 Å². The van der Waals surface area contributed by atoms with E-state index in [9.17, 15) is 4.79 Å². The maximum absolute atomic E-state index is 11.2. The summed E-state index contributed by atoms with van der Waals surface area (Å²) in [6, 6.07) is 0. The zero-order chi connectivity index (χ0) is 10.9. The topological polar surface area (TPSA) is 131 Å². The van der Waals surface area contributed by atoms with Crippen LogP contribution in [-0.4, -0.2) is 35.8 Å². The number of rotatable bonds is 2. The minimum atomic E-state index is -1.07. The molecule has 0 aromatic rings. The fourth-order valence-electron chi connectivity index (χ4n) is 1.41. The molecular weight excluding hydrogens is 198 g/mol. The number of fused-ring (bicyclic) bond motifs is 1. The second-order valence-corrected chi connectivity index (χ2v) is 3.04. The number of nitrogens with one attached hydrogen (secondary N) is 1.